The minimum absolute atomic E-state index is 0. The molecular weight excluding hydrogens is 146 g/mol. The van der Waals surface area contributed by atoms with E-state index in [1.165, 1.54) is 6.42 Å². The monoisotopic (exact) mass is 165 g/mol. The summed E-state index contributed by atoms with van der Waals surface area (Å²) in [5.74, 6) is 0. The average molecular weight is 166 g/mol. The van der Waals surface area contributed by atoms with Crippen LogP contribution >= 0.6 is 12.4 Å². The molecule has 0 amide bonds. The van der Waals surface area contributed by atoms with Crippen LogP contribution in [-0.2, 0) is 0 Å². The molecule has 2 N–H and O–H groups in total. The van der Waals surface area contributed by atoms with Crippen molar-refractivity contribution in [2.75, 3.05) is 0 Å². The van der Waals surface area contributed by atoms with E-state index in [1.54, 1.807) is 0 Å². The van der Waals surface area contributed by atoms with E-state index in [0.29, 0.717) is 6.04 Å². The van der Waals surface area contributed by atoms with E-state index in [9.17, 15) is 0 Å². The summed E-state index contributed by atoms with van der Waals surface area (Å²) in [6.45, 7) is 8.74. The van der Waals surface area contributed by atoms with E-state index < -0.39 is 0 Å². The van der Waals surface area contributed by atoms with Crippen LogP contribution in [0.3, 0.4) is 0 Å². The zero-order valence-electron chi connectivity index (χ0n) is 7.48. The first-order chi connectivity index (χ1) is 3.98. The third-order valence-electron chi connectivity index (χ3n) is 1.71. The van der Waals surface area contributed by atoms with Gasteiger partial charge in [0.05, 0.1) is 0 Å². The molecule has 0 aliphatic rings. The molecule has 64 valence electrons. The minimum Gasteiger partial charge on any atom is -0.327 e. The maximum Gasteiger partial charge on any atom is 0.00875 e. The third kappa shape index (κ3) is 5.07. The van der Waals surface area contributed by atoms with E-state index in [2.05, 4.69) is 27.7 Å². The second-order valence-corrected chi connectivity index (χ2v) is 3.76. The van der Waals surface area contributed by atoms with Gasteiger partial charge in [0, 0.05) is 6.04 Å². The van der Waals surface area contributed by atoms with Crippen molar-refractivity contribution < 1.29 is 0 Å². The van der Waals surface area contributed by atoms with Crippen LogP contribution in [-0.4, -0.2) is 6.04 Å². The molecule has 0 aromatic carbocycles. The zero-order chi connectivity index (χ0) is 7.49. The van der Waals surface area contributed by atoms with Gasteiger partial charge in [-0.25, -0.2) is 0 Å². The Morgan fingerprint density at radius 1 is 1.30 bits per heavy atom. The highest BCUT2D eigenvalue weighted by Gasteiger charge is 2.18. The summed E-state index contributed by atoms with van der Waals surface area (Å²) >= 11 is 0. The highest BCUT2D eigenvalue weighted by Crippen LogP contribution is 2.20. The Kier molecular flexibility index (Phi) is 6.41. The average Bonchev–Trinajstić information content (AvgIpc) is 1.64. The summed E-state index contributed by atoms with van der Waals surface area (Å²) in [6.07, 6.45) is 2.34. The van der Waals surface area contributed by atoms with Crippen LogP contribution < -0.4 is 5.73 Å². The highest BCUT2D eigenvalue weighted by molar-refractivity contribution is 5.85. The first-order valence-electron chi connectivity index (χ1n) is 3.74. The molecule has 0 rings (SSSR count). The van der Waals surface area contributed by atoms with Crippen molar-refractivity contribution in [1.82, 2.24) is 0 Å². The van der Waals surface area contributed by atoms with Gasteiger partial charge in [0.15, 0.2) is 0 Å². The van der Waals surface area contributed by atoms with Crippen LogP contribution in [0.1, 0.15) is 40.5 Å². The standard InChI is InChI=1S/C8H19N.ClH/c1-5-6-7(9)8(2,3)4;/h7H,5-6,9H2,1-4H3;1H. The van der Waals surface area contributed by atoms with Crippen molar-refractivity contribution in [3.63, 3.8) is 0 Å². The lowest BCUT2D eigenvalue weighted by Gasteiger charge is -2.26. The maximum atomic E-state index is 5.86. The Morgan fingerprint density at radius 3 is 1.80 bits per heavy atom. The molecule has 0 saturated heterocycles. The van der Waals surface area contributed by atoms with Gasteiger partial charge in [-0.15, -0.1) is 12.4 Å². The molecular formula is C8H20ClN. The number of halogens is 1. The van der Waals surface area contributed by atoms with Crippen LogP contribution in [0.15, 0.2) is 0 Å². The van der Waals surface area contributed by atoms with E-state index in [1.807, 2.05) is 0 Å². The Hall–Kier alpha value is 0.250. The first kappa shape index (κ1) is 12.9. The van der Waals surface area contributed by atoms with Gasteiger partial charge >= 0.3 is 0 Å². The fourth-order valence-electron chi connectivity index (χ4n) is 0.744. The predicted molar refractivity (Wildman–Crippen MR) is 49.6 cm³/mol. The summed E-state index contributed by atoms with van der Waals surface area (Å²) in [7, 11) is 0. The van der Waals surface area contributed by atoms with Crippen molar-refractivity contribution in [2.45, 2.75) is 46.6 Å². The Balaban J connectivity index is 0. The van der Waals surface area contributed by atoms with Crippen LogP contribution in [0.5, 0.6) is 0 Å². The molecule has 0 aromatic rings. The molecule has 1 nitrogen and oxygen atoms in total. The van der Waals surface area contributed by atoms with Gasteiger partial charge < -0.3 is 5.73 Å². The van der Waals surface area contributed by atoms with Crippen molar-refractivity contribution in [1.29, 1.82) is 0 Å². The van der Waals surface area contributed by atoms with Crippen molar-refractivity contribution in [3.05, 3.63) is 0 Å². The maximum absolute atomic E-state index is 5.86. The molecule has 0 aromatic heterocycles. The molecule has 1 unspecified atom stereocenters. The Bertz CT molecular complexity index is 75.8. The molecule has 0 spiro atoms. The van der Waals surface area contributed by atoms with Gasteiger partial charge in [0.1, 0.15) is 0 Å². The van der Waals surface area contributed by atoms with Crippen LogP contribution in [0.25, 0.3) is 0 Å². The molecule has 2 heteroatoms. The smallest absolute Gasteiger partial charge is 0.00875 e. The fourth-order valence-corrected chi connectivity index (χ4v) is 0.744. The number of hydrogen-bond donors (Lipinski definition) is 1. The largest absolute Gasteiger partial charge is 0.327 e. The van der Waals surface area contributed by atoms with Crippen LogP contribution in [0.2, 0.25) is 0 Å². The number of hydrogen-bond acceptors (Lipinski definition) is 1. The zero-order valence-corrected chi connectivity index (χ0v) is 8.29. The van der Waals surface area contributed by atoms with Crippen molar-refractivity contribution in [3.8, 4) is 0 Å². The summed E-state index contributed by atoms with van der Waals surface area (Å²) in [6, 6.07) is 0.363. The van der Waals surface area contributed by atoms with E-state index in [0.717, 1.165) is 6.42 Å². The Morgan fingerprint density at radius 2 is 1.70 bits per heavy atom. The van der Waals surface area contributed by atoms with Gasteiger partial charge in [-0.2, -0.15) is 0 Å². The summed E-state index contributed by atoms with van der Waals surface area (Å²) < 4.78 is 0. The van der Waals surface area contributed by atoms with Crippen LogP contribution in [0.4, 0.5) is 0 Å². The molecule has 0 saturated carbocycles. The minimum atomic E-state index is 0. The molecule has 0 aliphatic carbocycles. The quantitative estimate of drug-likeness (QED) is 0.669. The highest BCUT2D eigenvalue weighted by atomic mass is 35.5. The molecule has 0 aliphatic heterocycles. The van der Waals surface area contributed by atoms with Gasteiger partial charge in [-0.05, 0) is 11.8 Å². The first-order valence-corrected chi connectivity index (χ1v) is 3.74. The van der Waals surface area contributed by atoms with E-state index >= 15 is 0 Å². The topological polar surface area (TPSA) is 26.0 Å². The van der Waals surface area contributed by atoms with Gasteiger partial charge in [-0.3, -0.25) is 0 Å². The van der Waals surface area contributed by atoms with Crippen LogP contribution in [0, 0.1) is 5.41 Å². The second kappa shape index (κ2) is 4.97. The van der Waals surface area contributed by atoms with Crippen molar-refractivity contribution in [2.24, 2.45) is 11.1 Å². The molecule has 0 heterocycles. The second-order valence-electron chi connectivity index (χ2n) is 3.76. The lowest BCUT2D eigenvalue weighted by molar-refractivity contribution is 0.304. The summed E-state index contributed by atoms with van der Waals surface area (Å²) in [5.41, 5.74) is 6.15. The fraction of sp³-hybridized carbons (Fsp3) is 1.00. The molecule has 1 atom stereocenters. The molecule has 10 heavy (non-hydrogen) atoms. The normalized spacial score (nSPS) is 14.1. The van der Waals surface area contributed by atoms with Crippen molar-refractivity contribution >= 4 is 12.4 Å². The van der Waals surface area contributed by atoms with Gasteiger partial charge in [-0.1, -0.05) is 34.1 Å². The number of rotatable bonds is 2. The summed E-state index contributed by atoms with van der Waals surface area (Å²) in [5, 5.41) is 0. The lowest BCUT2D eigenvalue weighted by Crippen LogP contribution is -2.34. The van der Waals surface area contributed by atoms with Gasteiger partial charge in [0.25, 0.3) is 0 Å². The predicted octanol–water partition coefficient (Wildman–Crippen LogP) is 2.58. The summed E-state index contributed by atoms with van der Waals surface area (Å²) in [4.78, 5) is 0. The molecule has 0 fully saturated rings. The third-order valence-corrected chi connectivity index (χ3v) is 1.71. The van der Waals surface area contributed by atoms with Gasteiger partial charge in [0.2, 0.25) is 0 Å². The number of nitrogens with two attached hydrogens (primary N) is 1. The SMILES string of the molecule is CCCC(N)C(C)(C)C.Cl. The molecule has 0 radical (unpaired) electrons. The Labute approximate surface area is 70.8 Å². The molecule has 0 bridgehead atoms. The lowest BCUT2D eigenvalue weighted by atomic mass is 9.85. The van der Waals surface area contributed by atoms with E-state index in [4.69, 9.17) is 5.73 Å². The van der Waals surface area contributed by atoms with E-state index in [-0.39, 0.29) is 17.8 Å².